The summed E-state index contributed by atoms with van der Waals surface area (Å²) in [6.07, 6.45) is 0. The Morgan fingerprint density at radius 1 is 0.926 bits per heavy atom. The third-order valence-corrected chi connectivity index (χ3v) is 4.38. The lowest BCUT2D eigenvalue weighted by molar-refractivity contribution is 0.0955. The van der Waals surface area contributed by atoms with Crippen LogP contribution in [-0.4, -0.2) is 42.1 Å². The minimum absolute atomic E-state index is 0.0752. The van der Waals surface area contributed by atoms with Crippen molar-refractivity contribution in [3.63, 3.8) is 0 Å². The van der Waals surface area contributed by atoms with Gasteiger partial charge >= 0.3 is 0 Å². The third-order valence-electron chi connectivity index (χ3n) is 4.38. The summed E-state index contributed by atoms with van der Waals surface area (Å²) in [6, 6.07) is 17.2. The van der Waals surface area contributed by atoms with E-state index in [0.717, 1.165) is 35.8 Å². The minimum atomic E-state index is -0.0752. The molecule has 0 aliphatic rings. The first-order valence-electron chi connectivity index (χ1n) is 9.31. The lowest BCUT2D eigenvalue weighted by Crippen LogP contribution is -2.29. The van der Waals surface area contributed by atoms with E-state index in [0.29, 0.717) is 18.7 Å². The van der Waals surface area contributed by atoms with Crippen molar-refractivity contribution in [1.82, 2.24) is 15.3 Å². The number of para-hydroxylation sites is 1. The Hall–Kier alpha value is -3.15. The van der Waals surface area contributed by atoms with Crippen molar-refractivity contribution < 1.29 is 4.79 Å². The summed E-state index contributed by atoms with van der Waals surface area (Å²) in [4.78, 5) is 23.6. The molecule has 0 bridgehead atoms. The number of anilines is 2. The number of amides is 1. The van der Waals surface area contributed by atoms with Gasteiger partial charge in [0.25, 0.3) is 5.91 Å². The molecule has 1 amide bonds. The summed E-state index contributed by atoms with van der Waals surface area (Å²) in [6.45, 7) is 6.97. The largest absolute Gasteiger partial charge is 0.368 e. The van der Waals surface area contributed by atoms with Crippen molar-refractivity contribution in [3.8, 4) is 0 Å². The summed E-state index contributed by atoms with van der Waals surface area (Å²) < 4.78 is 0. The highest BCUT2D eigenvalue weighted by atomic mass is 16.1. The fraction of sp³-hybridized carbons (Fsp3) is 0.286. The highest BCUT2D eigenvalue weighted by Crippen LogP contribution is 2.23. The van der Waals surface area contributed by atoms with E-state index >= 15 is 0 Å². The fourth-order valence-electron chi connectivity index (χ4n) is 2.90. The van der Waals surface area contributed by atoms with E-state index in [9.17, 15) is 4.79 Å². The predicted molar refractivity (Wildman–Crippen MR) is 110 cm³/mol. The molecule has 2 N–H and O–H groups in total. The third kappa shape index (κ3) is 4.53. The first-order valence-corrected chi connectivity index (χ1v) is 9.31. The van der Waals surface area contributed by atoms with E-state index in [-0.39, 0.29) is 5.91 Å². The smallest absolute Gasteiger partial charge is 0.251 e. The number of hydrogen-bond acceptors (Lipinski definition) is 5. The Balaban J connectivity index is 1.69. The average Bonchev–Trinajstić information content (AvgIpc) is 2.72. The van der Waals surface area contributed by atoms with Crippen LogP contribution in [-0.2, 0) is 0 Å². The Bertz CT molecular complexity index is 893. The van der Waals surface area contributed by atoms with Crippen LogP contribution in [0.2, 0.25) is 0 Å². The van der Waals surface area contributed by atoms with Gasteiger partial charge < -0.3 is 15.5 Å². The zero-order valence-corrected chi connectivity index (χ0v) is 15.8. The maximum absolute atomic E-state index is 12.1. The van der Waals surface area contributed by atoms with Gasteiger partial charge in [-0.05, 0) is 38.1 Å². The second kappa shape index (κ2) is 8.98. The Morgan fingerprint density at radius 3 is 2.37 bits per heavy atom. The van der Waals surface area contributed by atoms with Gasteiger partial charge in [-0.15, -0.1) is 0 Å². The zero-order chi connectivity index (χ0) is 19.1. The number of aromatic nitrogens is 2. The molecule has 0 spiro atoms. The zero-order valence-electron chi connectivity index (χ0n) is 15.8. The monoisotopic (exact) mass is 363 g/mol. The number of nitrogens with zero attached hydrogens (tertiary/aromatic N) is 3. The van der Waals surface area contributed by atoms with Gasteiger partial charge in [0, 0.05) is 37.1 Å². The number of carbonyl (C=O) groups is 1. The van der Waals surface area contributed by atoms with E-state index in [2.05, 4.69) is 34.4 Å². The number of carbonyl (C=O) groups excluding carboxylic acids is 1. The van der Waals surface area contributed by atoms with Crippen LogP contribution in [0, 0.1) is 0 Å². The van der Waals surface area contributed by atoms with Gasteiger partial charge in [-0.2, -0.15) is 4.98 Å². The molecule has 0 saturated heterocycles. The van der Waals surface area contributed by atoms with Crippen LogP contribution in [0.5, 0.6) is 0 Å². The van der Waals surface area contributed by atoms with Crippen molar-refractivity contribution >= 4 is 28.6 Å². The molecular formula is C21H25N5O. The Kier molecular flexibility index (Phi) is 6.20. The molecule has 0 unspecified atom stereocenters. The SMILES string of the molecule is CCN(CC)c1nc(NCCNC(=O)c2ccccc2)c2ccccc2n1. The number of fused-ring (bicyclic) bond motifs is 1. The van der Waals surface area contributed by atoms with Gasteiger partial charge in [0.2, 0.25) is 5.95 Å². The normalized spacial score (nSPS) is 10.6. The Labute approximate surface area is 159 Å². The number of benzene rings is 2. The van der Waals surface area contributed by atoms with Gasteiger partial charge in [0.1, 0.15) is 5.82 Å². The minimum Gasteiger partial charge on any atom is -0.368 e. The van der Waals surface area contributed by atoms with Crippen LogP contribution in [0.25, 0.3) is 10.9 Å². The molecule has 0 aliphatic heterocycles. The van der Waals surface area contributed by atoms with E-state index < -0.39 is 0 Å². The van der Waals surface area contributed by atoms with E-state index in [1.807, 2.05) is 42.5 Å². The van der Waals surface area contributed by atoms with Crippen molar-refractivity contribution in [2.24, 2.45) is 0 Å². The highest BCUT2D eigenvalue weighted by Gasteiger charge is 2.11. The second-order valence-electron chi connectivity index (χ2n) is 6.11. The molecule has 0 atom stereocenters. The average molecular weight is 363 g/mol. The first kappa shape index (κ1) is 18.6. The Morgan fingerprint density at radius 2 is 1.63 bits per heavy atom. The molecule has 1 heterocycles. The lowest BCUT2D eigenvalue weighted by Gasteiger charge is -2.20. The maximum Gasteiger partial charge on any atom is 0.251 e. The topological polar surface area (TPSA) is 70.2 Å². The van der Waals surface area contributed by atoms with Crippen LogP contribution in [0.1, 0.15) is 24.2 Å². The second-order valence-corrected chi connectivity index (χ2v) is 6.11. The number of rotatable bonds is 8. The van der Waals surface area contributed by atoms with Crippen LogP contribution in [0.4, 0.5) is 11.8 Å². The predicted octanol–water partition coefficient (Wildman–Crippen LogP) is 3.32. The molecule has 6 heteroatoms. The molecule has 3 aromatic rings. The molecule has 1 aromatic heterocycles. The summed E-state index contributed by atoms with van der Waals surface area (Å²) in [7, 11) is 0. The molecule has 0 aliphatic carbocycles. The van der Waals surface area contributed by atoms with Gasteiger partial charge in [-0.25, -0.2) is 4.98 Å². The number of nitrogens with one attached hydrogen (secondary N) is 2. The standard InChI is InChI=1S/C21H25N5O/c1-3-26(4-2)21-24-18-13-9-8-12-17(18)19(25-21)22-14-15-23-20(27)16-10-6-5-7-11-16/h5-13H,3-4,14-15H2,1-2H3,(H,23,27)(H,22,24,25). The highest BCUT2D eigenvalue weighted by molar-refractivity contribution is 5.94. The van der Waals surface area contributed by atoms with E-state index in [4.69, 9.17) is 4.98 Å². The van der Waals surface area contributed by atoms with Gasteiger partial charge in [0.15, 0.2) is 0 Å². The van der Waals surface area contributed by atoms with Crippen molar-refractivity contribution in [1.29, 1.82) is 0 Å². The van der Waals surface area contributed by atoms with Gasteiger partial charge in [0.05, 0.1) is 5.52 Å². The molecule has 0 radical (unpaired) electrons. The fourth-order valence-corrected chi connectivity index (χ4v) is 2.90. The van der Waals surface area contributed by atoms with Crippen LogP contribution in [0.3, 0.4) is 0 Å². The van der Waals surface area contributed by atoms with Crippen molar-refractivity contribution in [3.05, 3.63) is 60.2 Å². The quantitative estimate of drug-likeness (QED) is 0.601. The summed E-state index contributed by atoms with van der Waals surface area (Å²) in [5.41, 5.74) is 1.57. The van der Waals surface area contributed by atoms with Crippen LogP contribution in [0.15, 0.2) is 54.6 Å². The van der Waals surface area contributed by atoms with E-state index in [1.165, 1.54) is 0 Å². The van der Waals surface area contributed by atoms with Gasteiger partial charge in [-0.1, -0.05) is 30.3 Å². The molecule has 0 fully saturated rings. The summed E-state index contributed by atoms with van der Waals surface area (Å²) >= 11 is 0. The van der Waals surface area contributed by atoms with Crippen molar-refractivity contribution in [2.45, 2.75) is 13.8 Å². The molecule has 140 valence electrons. The summed E-state index contributed by atoms with van der Waals surface area (Å²) in [5.74, 6) is 1.43. The molecular weight excluding hydrogens is 338 g/mol. The van der Waals surface area contributed by atoms with Gasteiger partial charge in [-0.3, -0.25) is 4.79 Å². The lowest BCUT2D eigenvalue weighted by atomic mass is 10.2. The molecule has 2 aromatic carbocycles. The summed E-state index contributed by atoms with van der Waals surface area (Å²) in [5, 5.41) is 7.24. The van der Waals surface area contributed by atoms with Crippen LogP contribution >= 0.6 is 0 Å². The molecule has 3 rings (SSSR count). The van der Waals surface area contributed by atoms with Crippen molar-refractivity contribution in [2.75, 3.05) is 36.4 Å². The molecule has 0 saturated carbocycles. The van der Waals surface area contributed by atoms with E-state index in [1.54, 1.807) is 12.1 Å². The molecule has 27 heavy (non-hydrogen) atoms. The first-order chi connectivity index (χ1) is 13.2. The molecule has 6 nitrogen and oxygen atoms in total. The number of hydrogen-bond donors (Lipinski definition) is 2. The van der Waals surface area contributed by atoms with Crippen LogP contribution < -0.4 is 15.5 Å². The maximum atomic E-state index is 12.1.